The van der Waals surface area contributed by atoms with Gasteiger partial charge in [0.25, 0.3) is 0 Å². The number of carbonyl (C=O) groups is 1. The monoisotopic (exact) mass is 445 g/mol. The summed E-state index contributed by atoms with van der Waals surface area (Å²) in [7, 11) is 3.52. The number of thioether (sulfide) groups is 1. The van der Waals surface area contributed by atoms with Crippen molar-refractivity contribution in [1.82, 2.24) is 15.5 Å². The van der Waals surface area contributed by atoms with Gasteiger partial charge in [0, 0.05) is 50.4 Å². The molecule has 1 aromatic carbocycles. The zero-order valence-electron chi connectivity index (χ0n) is 17.7. The Bertz CT molecular complexity index is 787. The molecule has 1 amide bonds. The van der Waals surface area contributed by atoms with Crippen LogP contribution in [-0.4, -0.2) is 68.8 Å². The molecule has 0 bridgehead atoms. The number of hydrogen-bond donors (Lipinski definition) is 2. The molecule has 1 fully saturated rings. The maximum Gasteiger partial charge on any atom is 0.243 e. The van der Waals surface area contributed by atoms with Gasteiger partial charge in [0.05, 0.1) is 5.00 Å². The van der Waals surface area contributed by atoms with Crippen LogP contribution in [0.15, 0.2) is 57.7 Å². The quantitative estimate of drug-likeness (QED) is 0.283. The molecule has 30 heavy (non-hydrogen) atoms. The van der Waals surface area contributed by atoms with E-state index in [0.717, 1.165) is 44.2 Å². The van der Waals surface area contributed by atoms with E-state index in [1.807, 2.05) is 17.8 Å². The summed E-state index contributed by atoms with van der Waals surface area (Å²) in [5, 5.41) is 10.4. The normalized spacial score (nSPS) is 15.1. The molecule has 0 radical (unpaired) electrons. The molecule has 0 spiro atoms. The average molecular weight is 446 g/mol. The summed E-state index contributed by atoms with van der Waals surface area (Å²) in [6.45, 7) is 3.01. The number of piperidine rings is 1. The highest BCUT2D eigenvalue weighted by molar-refractivity contribution is 7.99. The predicted octanol–water partition coefficient (Wildman–Crippen LogP) is 3.13. The number of anilines is 1. The average Bonchev–Trinajstić information content (AvgIpc) is 3.30. The molecule has 6 nitrogen and oxygen atoms in total. The largest absolute Gasteiger partial charge is 0.363 e. The van der Waals surface area contributed by atoms with Crippen molar-refractivity contribution in [2.24, 2.45) is 4.99 Å². The van der Waals surface area contributed by atoms with Crippen molar-refractivity contribution < 1.29 is 4.79 Å². The fraction of sp³-hybridized carbons (Fsp3) is 0.455. The molecule has 1 aliphatic heterocycles. The Hall–Kier alpha value is -2.19. The number of aliphatic imine (C=N–C) groups is 1. The van der Waals surface area contributed by atoms with Gasteiger partial charge in [0.15, 0.2) is 5.96 Å². The van der Waals surface area contributed by atoms with Crippen molar-refractivity contribution in [3.8, 4) is 0 Å². The third kappa shape index (κ3) is 7.25. The highest BCUT2D eigenvalue weighted by atomic mass is 32.2. The summed E-state index contributed by atoms with van der Waals surface area (Å²) in [6.07, 6.45) is 2.11. The third-order valence-electron chi connectivity index (χ3n) is 4.93. The summed E-state index contributed by atoms with van der Waals surface area (Å²) in [6, 6.07) is 15.0. The van der Waals surface area contributed by atoms with Crippen LogP contribution in [0.3, 0.4) is 0 Å². The number of likely N-dealkylation sites (N-methyl/N-ethyl adjacent to an activating group) is 1. The summed E-state index contributed by atoms with van der Waals surface area (Å²) in [4.78, 5) is 21.8. The number of rotatable bonds is 8. The fourth-order valence-electron chi connectivity index (χ4n) is 3.18. The number of amides is 1. The molecule has 1 aliphatic rings. The number of hydrogen-bond acceptors (Lipinski definition) is 5. The van der Waals surface area contributed by atoms with Gasteiger partial charge in [-0.15, -0.1) is 23.1 Å². The van der Waals surface area contributed by atoms with Crippen LogP contribution < -0.4 is 15.5 Å². The molecule has 2 N–H and O–H groups in total. The second kappa shape index (κ2) is 11.9. The van der Waals surface area contributed by atoms with Crippen LogP contribution in [0.4, 0.5) is 5.00 Å². The number of nitrogens with one attached hydrogen (secondary N) is 2. The molecule has 0 aliphatic carbocycles. The van der Waals surface area contributed by atoms with E-state index in [1.54, 1.807) is 30.3 Å². The minimum Gasteiger partial charge on any atom is -0.363 e. The summed E-state index contributed by atoms with van der Waals surface area (Å²) < 4.78 is 0. The molecule has 2 aromatic rings. The van der Waals surface area contributed by atoms with Crippen LogP contribution in [0, 0.1) is 0 Å². The van der Waals surface area contributed by atoms with Gasteiger partial charge >= 0.3 is 0 Å². The van der Waals surface area contributed by atoms with Crippen molar-refractivity contribution in [3.63, 3.8) is 0 Å². The van der Waals surface area contributed by atoms with Gasteiger partial charge in [0.2, 0.25) is 5.91 Å². The van der Waals surface area contributed by atoms with Crippen molar-refractivity contribution in [2.45, 2.75) is 23.8 Å². The number of benzene rings is 1. The van der Waals surface area contributed by atoms with E-state index in [0.29, 0.717) is 6.04 Å². The molecule has 2 heterocycles. The SMILES string of the molecule is CN(C)C(=O)CN=C(NCCSc1ccccc1)NC1CCN(c2cccs2)CC1. The van der Waals surface area contributed by atoms with Gasteiger partial charge in [-0.3, -0.25) is 4.79 Å². The van der Waals surface area contributed by atoms with E-state index in [2.05, 4.69) is 62.3 Å². The van der Waals surface area contributed by atoms with Gasteiger partial charge in [-0.1, -0.05) is 18.2 Å². The smallest absolute Gasteiger partial charge is 0.243 e. The molecule has 162 valence electrons. The molecule has 1 aromatic heterocycles. The lowest BCUT2D eigenvalue weighted by Crippen LogP contribution is -2.49. The van der Waals surface area contributed by atoms with Crippen molar-refractivity contribution in [2.75, 3.05) is 50.9 Å². The second-order valence-corrected chi connectivity index (χ2v) is 9.49. The number of guanidine groups is 1. The van der Waals surface area contributed by atoms with Gasteiger partial charge in [-0.05, 0) is 42.5 Å². The van der Waals surface area contributed by atoms with Crippen LogP contribution in [0.5, 0.6) is 0 Å². The minimum absolute atomic E-state index is 0.00211. The highest BCUT2D eigenvalue weighted by Crippen LogP contribution is 2.24. The van der Waals surface area contributed by atoms with E-state index in [9.17, 15) is 4.79 Å². The molecular formula is C22H31N5OS2. The summed E-state index contributed by atoms with van der Waals surface area (Å²) in [5.41, 5.74) is 0. The van der Waals surface area contributed by atoms with Crippen LogP contribution in [-0.2, 0) is 4.79 Å². The standard InChI is InChI=1S/C22H31N5OS2/c1-26(2)20(28)17-24-22(23-12-16-29-19-7-4-3-5-8-19)25-18-10-13-27(14-11-18)21-9-6-15-30-21/h3-9,15,18H,10-14,16-17H2,1-2H3,(H2,23,24,25). The first-order valence-electron chi connectivity index (χ1n) is 10.3. The fourth-order valence-corrected chi connectivity index (χ4v) is 4.76. The second-order valence-electron chi connectivity index (χ2n) is 7.40. The molecule has 0 atom stereocenters. The van der Waals surface area contributed by atoms with Crippen molar-refractivity contribution >= 4 is 40.0 Å². The van der Waals surface area contributed by atoms with E-state index >= 15 is 0 Å². The maximum absolute atomic E-state index is 12.0. The summed E-state index contributed by atoms with van der Waals surface area (Å²) in [5.74, 6) is 1.67. The lowest BCUT2D eigenvalue weighted by Gasteiger charge is -2.33. The first-order chi connectivity index (χ1) is 14.6. The van der Waals surface area contributed by atoms with E-state index in [1.165, 1.54) is 9.90 Å². The van der Waals surface area contributed by atoms with Crippen molar-refractivity contribution in [3.05, 3.63) is 47.8 Å². The third-order valence-corrected chi connectivity index (χ3v) is 6.87. The van der Waals surface area contributed by atoms with Crippen molar-refractivity contribution in [1.29, 1.82) is 0 Å². The molecule has 0 unspecified atom stereocenters. The van der Waals surface area contributed by atoms with Crippen LogP contribution in [0.1, 0.15) is 12.8 Å². The minimum atomic E-state index is 0.00211. The Balaban J connectivity index is 1.49. The van der Waals surface area contributed by atoms with Gasteiger partial charge in [-0.25, -0.2) is 4.99 Å². The van der Waals surface area contributed by atoms with Gasteiger partial charge in [0.1, 0.15) is 6.54 Å². The van der Waals surface area contributed by atoms with E-state index in [4.69, 9.17) is 0 Å². The van der Waals surface area contributed by atoms with E-state index < -0.39 is 0 Å². The van der Waals surface area contributed by atoms with E-state index in [-0.39, 0.29) is 12.5 Å². The Kier molecular flexibility index (Phi) is 8.89. The number of nitrogens with zero attached hydrogens (tertiary/aromatic N) is 3. The molecule has 3 rings (SSSR count). The lowest BCUT2D eigenvalue weighted by atomic mass is 10.1. The molecule has 8 heteroatoms. The first kappa shape index (κ1) is 22.5. The van der Waals surface area contributed by atoms with Gasteiger partial charge < -0.3 is 20.4 Å². The summed E-state index contributed by atoms with van der Waals surface area (Å²) >= 11 is 3.61. The molecular weight excluding hydrogens is 414 g/mol. The molecule has 1 saturated heterocycles. The zero-order chi connectivity index (χ0) is 21.2. The van der Waals surface area contributed by atoms with Crippen LogP contribution in [0.2, 0.25) is 0 Å². The zero-order valence-corrected chi connectivity index (χ0v) is 19.3. The Morgan fingerprint density at radius 2 is 1.97 bits per heavy atom. The van der Waals surface area contributed by atoms with Crippen LogP contribution in [0.25, 0.3) is 0 Å². The number of carbonyl (C=O) groups excluding carboxylic acids is 1. The Morgan fingerprint density at radius 3 is 2.63 bits per heavy atom. The van der Waals surface area contributed by atoms with Crippen LogP contribution >= 0.6 is 23.1 Å². The Morgan fingerprint density at radius 1 is 1.20 bits per heavy atom. The molecule has 0 saturated carbocycles. The highest BCUT2D eigenvalue weighted by Gasteiger charge is 2.21. The predicted molar refractivity (Wildman–Crippen MR) is 129 cm³/mol. The topological polar surface area (TPSA) is 60.0 Å². The van der Waals surface area contributed by atoms with Gasteiger partial charge in [-0.2, -0.15) is 0 Å². The maximum atomic E-state index is 12.0. The lowest BCUT2D eigenvalue weighted by molar-refractivity contribution is -0.127. The number of thiophene rings is 1. The Labute approximate surface area is 187 Å². The first-order valence-corrected chi connectivity index (χ1v) is 12.2.